The van der Waals surface area contributed by atoms with Gasteiger partial charge in [-0.3, -0.25) is 20.0 Å². The molecule has 0 aliphatic rings. The summed E-state index contributed by atoms with van der Waals surface area (Å²) in [6.45, 7) is 1.98. The highest BCUT2D eigenvalue weighted by molar-refractivity contribution is 9.10. The van der Waals surface area contributed by atoms with Crippen LogP contribution < -0.4 is 0 Å². The third-order valence-electron chi connectivity index (χ3n) is 2.76. The van der Waals surface area contributed by atoms with Gasteiger partial charge in [-0.1, -0.05) is 0 Å². The molecular weight excluding hydrogens is 342 g/mol. The van der Waals surface area contributed by atoms with Gasteiger partial charge in [0.05, 0.1) is 15.9 Å². The van der Waals surface area contributed by atoms with Crippen molar-refractivity contribution in [2.45, 2.75) is 13.5 Å². The molecule has 8 nitrogen and oxygen atoms in total. The highest BCUT2D eigenvalue weighted by atomic mass is 79.9. The molecule has 0 saturated carbocycles. The van der Waals surface area contributed by atoms with Crippen LogP contribution in [0.3, 0.4) is 0 Å². The van der Waals surface area contributed by atoms with E-state index in [9.17, 15) is 14.9 Å². The van der Waals surface area contributed by atoms with Crippen LogP contribution in [0, 0.1) is 17.0 Å². The third kappa shape index (κ3) is 3.43. The molecule has 1 heterocycles. The lowest BCUT2D eigenvalue weighted by Gasteiger charge is -2.15. The van der Waals surface area contributed by atoms with E-state index in [1.165, 1.54) is 23.1 Å². The van der Waals surface area contributed by atoms with Crippen molar-refractivity contribution in [2.24, 2.45) is 0 Å². The van der Waals surface area contributed by atoms with Gasteiger partial charge in [-0.2, -0.15) is 5.10 Å². The van der Waals surface area contributed by atoms with Gasteiger partial charge in [0, 0.05) is 18.7 Å². The minimum absolute atomic E-state index is 0.150. The molecule has 0 bridgehead atoms. The number of hydrogen-bond donors (Lipinski definition) is 1. The topological polar surface area (TPSA) is 105 Å². The molecule has 0 unspecified atom stereocenters. The average Bonchev–Trinajstić information content (AvgIpc) is 2.83. The maximum absolute atomic E-state index is 12.3. The van der Waals surface area contributed by atoms with Gasteiger partial charge < -0.3 is 4.90 Å². The maximum atomic E-state index is 12.3. The Labute approximate surface area is 128 Å². The van der Waals surface area contributed by atoms with Crippen LogP contribution in [0.25, 0.3) is 0 Å². The highest BCUT2D eigenvalue weighted by Crippen LogP contribution is 2.26. The number of carbonyl (C=O) groups is 1. The van der Waals surface area contributed by atoms with Gasteiger partial charge in [-0.25, -0.2) is 4.98 Å². The minimum Gasteiger partial charge on any atom is -0.334 e. The predicted molar refractivity (Wildman–Crippen MR) is 77.7 cm³/mol. The Morgan fingerprint density at radius 2 is 2.24 bits per heavy atom. The number of carbonyl (C=O) groups excluding carboxylic acids is 1. The fourth-order valence-corrected chi connectivity index (χ4v) is 2.14. The molecule has 0 spiro atoms. The summed E-state index contributed by atoms with van der Waals surface area (Å²) in [7, 11) is 1.59. The lowest BCUT2D eigenvalue weighted by Crippen LogP contribution is -2.26. The van der Waals surface area contributed by atoms with Gasteiger partial charge in [0.15, 0.2) is 5.82 Å². The molecule has 0 fully saturated rings. The van der Waals surface area contributed by atoms with E-state index < -0.39 is 4.92 Å². The molecule has 2 aromatic rings. The van der Waals surface area contributed by atoms with E-state index in [1.54, 1.807) is 14.0 Å². The Balaban J connectivity index is 2.19. The van der Waals surface area contributed by atoms with E-state index in [0.29, 0.717) is 16.1 Å². The fourth-order valence-electron chi connectivity index (χ4n) is 1.75. The standard InChI is InChI=1S/C12H12BrN5O3/c1-7-14-11(16-15-7)6-17(2)12(19)8-3-4-9(13)10(5-8)18(20)21/h3-5H,6H2,1-2H3,(H,14,15,16). The van der Waals surface area contributed by atoms with E-state index in [4.69, 9.17) is 0 Å². The Morgan fingerprint density at radius 1 is 1.52 bits per heavy atom. The van der Waals surface area contributed by atoms with Crippen molar-refractivity contribution < 1.29 is 9.72 Å². The molecule has 0 atom stereocenters. The molecule has 1 amide bonds. The third-order valence-corrected chi connectivity index (χ3v) is 3.43. The number of aromatic nitrogens is 3. The molecule has 0 aliphatic heterocycles. The Bertz CT molecular complexity index is 700. The quantitative estimate of drug-likeness (QED) is 0.668. The highest BCUT2D eigenvalue weighted by Gasteiger charge is 2.19. The van der Waals surface area contributed by atoms with Gasteiger partial charge in [0.2, 0.25) is 0 Å². The molecule has 0 saturated heterocycles. The average molecular weight is 354 g/mol. The zero-order valence-electron chi connectivity index (χ0n) is 11.3. The van der Waals surface area contributed by atoms with Gasteiger partial charge >= 0.3 is 0 Å². The first-order chi connectivity index (χ1) is 9.88. The summed E-state index contributed by atoms with van der Waals surface area (Å²) >= 11 is 3.08. The summed E-state index contributed by atoms with van der Waals surface area (Å²) in [6.07, 6.45) is 0. The summed E-state index contributed by atoms with van der Waals surface area (Å²) < 4.78 is 0.330. The van der Waals surface area contributed by atoms with Crippen molar-refractivity contribution in [3.8, 4) is 0 Å². The first-order valence-electron chi connectivity index (χ1n) is 5.95. The first kappa shape index (κ1) is 15.1. The maximum Gasteiger partial charge on any atom is 0.284 e. The molecule has 9 heteroatoms. The van der Waals surface area contributed by atoms with Crippen molar-refractivity contribution >= 4 is 27.5 Å². The van der Waals surface area contributed by atoms with E-state index in [0.717, 1.165) is 0 Å². The number of benzene rings is 1. The molecule has 2 rings (SSSR count). The molecule has 0 aliphatic carbocycles. The second kappa shape index (κ2) is 6.00. The molecular formula is C12H12BrN5O3. The lowest BCUT2D eigenvalue weighted by molar-refractivity contribution is -0.385. The zero-order chi connectivity index (χ0) is 15.6. The van der Waals surface area contributed by atoms with Crippen LogP contribution >= 0.6 is 15.9 Å². The number of nitrogens with one attached hydrogen (secondary N) is 1. The number of aromatic amines is 1. The van der Waals surface area contributed by atoms with Crippen molar-refractivity contribution in [2.75, 3.05) is 7.05 Å². The van der Waals surface area contributed by atoms with Crippen LogP contribution in [0.5, 0.6) is 0 Å². The Kier molecular flexibility index (Phi) is 4.32. The van der Waals surface area contributed by atoms with Crippen molar-refractivity contribution in [3.05, 3.63) is 50.0 Å². The monoisotopic (exact) mass is 353 g/mol. The van der Waals surface area contributed by atoms with Gasteiger partial charge in [0.25, 0.3) is 11.6 Å². The van der Waals surface area contributed by atoms with Crippen LogP contribution in [0.2, 0.25) is 0 Å². The summed E-state index contributed by atoms with van der Waals surface area (Å²) in [5, 5.41) is 17.5. The minimum atomic E-state index is -0.542. The molecule has 21 heavy (non-hydrogen) atoms. The van der Waals surface area contributed by atoms with E-state index in [2.05, 4.69) is 31.1 Å². The van der Waals surface area contributed by atoms with Crippen LogP contribution in [0.4, 0.5) is 5.69 Å². The smallest absolute Gasteiger partial charge is 0.284 e. The number of amides is 1. The van der Waals surface area contributed by atoms with Crippen LogP contribution in [-0.2, 0) is 6.54 Å². The molecule has 1 aromatic heterocycles. The SMILES string of the molecule is Cc1nc(CN(C)C(=O)c2ccc(Br)c([N+](=O)[O-])c2)n[nH]1. The predicted octanol–water partition coefficient (Wildman–Crippen LogP) is 2.06. The normalized spacial score (nSPS) is 10.4. The summed E-state index contributed by atoms with van der Waals surface area (Å²) in [6, 6.07) is 4.25. The van der Waals surface area contributed by atoms with Gasteiger partial charge in [0.1, 0.15) is 5.82 Å². The van der Waals surface area contributed by atoms with Crippen LogP contribution in [0.15, 0.2) is 22.7 Å². The van der Waals surface area contributed by atoms with Crippen LogP contribution in [0.1, 0.15) is 22.0 Å². The Hall–Kier alpha value is -2.29. The van der Waals surface area contributed by atoms with Crippen LogP contribution in [-0.4, -0.2) is 38.0 Å². The number of nitrogens with zero attached hydrogens (tertiary/aromatic N) is 4. The number of halogens is 1. The van der Waals surface area contributed by atoms with E-state index >= 15 is 0 Å². The van der Waals surface area contributed by atoms with E-state index in [1.807, 2.05) is 0 Å². The second-order valence-electron chi connectivity index (χ2n) is 4.42. The van der Waals surface area contributed by atoms with E-state index in [-0.39, 0.29) is 23.7 Å². The molecule has 1 N–H and O–H groups in total. The number of aryl methyl sites for hydroxylation is 1. The molecule has 1 aromatic carbocycles. The zero-order valence-corrected chi connectivity index (χ0v) is 12.9. The van der Waals surface area contributed by atoms with Gasteiger partial charge in [-0.05, 0) is 35.0 Å². The largest absolute Gasteiger partial charge is 0.334 e. The first-order valence-corrected chi connectivity index (χ1v) is 6.75. The Morgan fingerprint density at radius 3 is 2.81 bits per heavy atom. The second-order valence-corrected chi connectivity index (χ2v) is 5.28. The van der Waals surface area contributed by atoms with Gasteiger partial charge in [-0.15, -0.1) is 0 Å². The summed E-state index contributed by atoms with van der Waals surface area (Å²) in [5.41, 5.74) is 0.0858. The van der Waals surface area contributed by atoms with Crippen molar-refractivity contribution in [3.63, 3.8) is 0 Å². The number of H-pyrrole nitrogens is 1. The molecule has 0 radical (unpaired) electrons. The number of nitro groups is 1. The lowest BCUT2D eigenvalue weighted by atomic mass is 10.2. The van der Waals surface area contributed by atoms with Crippen molar-refractivity contribution in [1.82, 2.24) is 20.1 Å². The summed E-state index contributed by atoms with van der Waals surface area (Å²) in [4.78, 5) is 28.1. The number of hydrogen-bond acceptors (Lipinski definition) is 5. The summed E-state index contributed by atoms with van der Waals surface area (Å²) in [5.74, 6) is 0.799. The fraction of sp³-hybridized carbons (Fsp3) is 0.250. The van der Waals surface area contributed by atoms with Crippen molar-refractivity contribution in [1.29, 1.82) is 0 Å². The molecule has 110 valence electrons. The number of rotatable bonds is 4. The number of nitro benzene ring substituents is 1.